The number of nitrogens with zero attached hydrogens (tertiary/aromatic N) is 2. The molecule has 1 aliphatic heterocycles. The monoisotopic (exact) mass is 205 g/mol. The molecule has 80 valence electrons. The van der Waals surface area contributed by atoms with Crippen molar-refractivity contribution in [2.75, 3.05) is 18.0 Å². The van der Waals surface area contributed by atoms with Crippen LogP contribution in [0.2, 0.25) is 0 Å². The maximum Gasteiger partial charge on any atom is 0.250 e. The molecule has 0 aromatic carbocycles. The molecule has 0 aliphatic carbocycles. The van der Waals surface area contributed by atoms with Crippen LogP contribution >= 0.6 is 0 Å². The number of rotatable bonds is 3. The highest BCUT2D eigenvalue weighted by Gasteiger charge is 2.19. The van der Waals surface area contributed by atoms with Gasteiger partial charge in [0, 0.05) is 19.3 Å². The van der Waals surface area contributed by atoms with Crippen LogP contribution in [0.15, 0.2) is 12.3 Å². The van der Waals surface area contributed by atoms with Gasteiger partial charge in [-0.25, -0.2) is 4.98 Å². The summed E-state index contributed by atoms with van der Waals surface area (Å²) < 4.78 is 0. The van der Waals surface area contributed by atoms with E-state index < -0.39 is 5.91 Å². The Morgan fingerprint density at radius 2 is 2.33 bits per heavy atom. The molecule has 1 amide bonds. The molecule has 4 nitrogen and oxygen atoms in total. The van der Waals surface area contributed by atoms with Gasteiger partial charge in [0.05, 0.1) is 5.56 Å². The summed E-state index contributed by atoms with van der Waals surface area (Å²) in [5.41, 5.74) is 6.82. The minimum Gasteiger partial charge on any atom is -0.366 e. The molecule has 2 heterocycles. The van der Waals surface area contributed by atoms with Crippen LogP contribution in [0.3, 0.4) is 0 Å². The number of anilines is 1. The van der Waals surface area contributed by atoms with Crippen molar-refractivity contribution in [1.29, 1.82) is 0 Å². The zero-order valence-corrected chi connectivity index (χ0v) is 8.86. The molecule has 1 saturated heterocycles. The van der Waals surface area contributed by atoms with E-state index >= 15 is 0 Å². The SMILES string of the molecule is CCc1cc(C(N)=O)cnc1N1CCC1. The van der Waals surface area contributed by atoms with Gasteiger partial charge in [-0.3, -0.25) is 4.79 Å². The lowest BCUT2D eigenvalue weighted by atomic mass is 10.1. The summed E-state index contributed by atoms with van der Waals surface area (Å²) in [5, 5.41) is 0. The van der Waals surface area contributed by atoms with Gasteiger partial charge in [0.1, 0.15) is 5.82 Å². The molecule has 2 N–H and O–H groups in total. The summed E-state index contributed by atoms with van der Waals surface area (Å²) in [6, 6.07) is 1.85. The molecule has 0 unspecified atom stereocenters. The van der Waals surface area contributed by atoms with Crippen LogP contribution in [0.25, 0.3) is 0 Å². The van der Waals surface area contributed by atoms with E-state index in [-0.39, 0.29) is 0 Å². The number of carbonyl (C=O) groups is 1. The maximum absolute atomic E-state index is 11.0. The predicted octanol–water partition coefficient (Wildman–Crippen LogP) is 0.953. The van der Waals surface area contributed by atoms with Crippen LogP contribution in [0.1, 0.15) is 29.3 Å². The van der Waals surface area contributed by atoms with Gasteiger partial charge in [0.2, 0.25) is 5.91 Å². The van der Waals surface area contributed by atoms with Crippen LogP contribution in [-0.4, -0.2) is 24.0 Å². The fourth-order valence-electron chi connectivity index (χ4n) is 1.71. The number of nitrogens with two attached hydrogens (primary N) is 1. The standard InChI is InChI=1S/C11H15N3O/c1-2-8-6-9(10(12)15)7-13-11(8)14-4-3-5-14/h6-7H,2-5H2,1H3,(H2,12,15). The fraction of sp³-hybridized carbons (Fsp3) is 0.455. The zero-order chi connectivity index (χ0) is 10.8. The van der Waals surface area contributed by atoms with Gasteiger partial charge >= 0.3 is 0 Å². The molecule has 1 aliphatic rings. The summed E-state index contributed by atoms with van der Waals surface area (Å²) in [7, 11) is 0. The van der Waals surface area contributed by atoms with Gasteiger partial charge in [-0.1, -0.05) is 6.92 Å². The summed E-state index contributed by atoms with van der Waals surface area (Å²) in [6.45, 7) is 4.19. The number of hydrogen-bond donors (Lipinski definition) is 1. The molecule has 0 saturated carbocycles. The van der Waals surface area contributed by atoms with Crippen molar-refractivity contribution in [3.8, 4) is 0 Å². The van der Waals surface area contributed by atoms with E-state index in [0.29, 0.717) is 5.56 Å². The van der Waals surface area contributed by atoms with Gasteiger partial charge in [0.25, 0.3) is 0 Å². The van der Waals surface area contributed by atoms with Crippen molar-refractivity contribution in [2.24, 2.45) is 5.73 Å². The largest absolute Gasteiger partial charge is 0.366 e. The predicted molar refractivity (Wildman–Crippen MR) is 59.0 cm³/mol. The molecule has 0 bridgehead atoms. The van der Waals surface area contributed by atoms with E-state index in [0.717, 1.165) is 30.9 Å². The van der Waals surface area contributed by atoms with Gasteiger partial charge < -0.3 is 10.6 Å². The normalized spacial score (nSPS) is 14.9. The first-order valence-electron chi connectivity index (χ1n) is 5.26. The number of hydrogen-bond acceptors (Lipinski definition) is 3. The molecule has 0 atom stereocenters. The van der Waals surface area contributed by atoms with Crippen molar-refractivity contribution in [2.45, 2.75) is 19.8 Å². The van der Waals surface area contributed by atoms with Crippen LogP contribution in [0.4, 0.5) is 5.82 Å². The second-order valence-corrected chi connectivity index (χ2v) is 3.77. The van der Waals surface area contributed by atoms with Crippen molar-refractivity contribution in [1.82, 2.24) is 4.98 Å². The van der Waals surface area contributed by atoms with Crippen LogP contribution in [-0.2, 0) is 6.42 Å². The summed E-state index contributed by atoms with van der Waals surface area (Å²) in [4.78, 5) is 17.5. The topological polar surface area (TPSA) is 59.2 Å². The van der Waals surface area contributed by atoms with E-state index in [1.807, 2.05) is 6.07 Å². The first-order chi connectivity index (χ1) is 7.22. The Kier molecular flexibility index (Phi) is 2.58. The minimum atomic E-state index is -0.410. The lowest BCUT2D eigenvalue weighted by Gasteiger charge is -2.33. The molecule has 1 aromatic rings. The molecular formula is C11H15N3O. The van der Waals surface area contributed by atoms with Crippen molar-refractivity contribution >= 4 is 11.7 Å². The summed E-state index contributed by atoms with van der Waals surface area (Å²) in [6.07, 6.45) is 3.66. The first-order valence-corrected chi connectivity index (χ1v) is 5.26. The Morgan fingerprint density at radius 1 is 1.60 bits per heavy atom. The lowest BCUT2D eigenvalue weighted by molar-refractivity contribution is 0.1000. The van der Waals surface area contributed by atoms with Crippen molar-refractivity contribution < 1.29 is 4.79 Å². The lowest BCUT2D eigenvalue weighted by Crippen LogP contribution is -2.38. The third-order valence-electron chi connectivity index (χ3n) is 2.76. The van der Waals surface area contributed by atoms with E-state index in [2.05, 4.69) is 16.8 Å². The Hall–Kier alpha value is -1.58. The van der Waals surface area contributed by atoms with Crippen LogP contribution in [0.5, 0.6) is 0 Å². The number of amides is 1. The Bertz CT molecular complexity index is 385. The zero-order valence-electron chi connectivity index (χ0n) is 8.86. The summed E-state index contributed by atoms with van der Waals surface area (Å²) >= 11 is 0. The van der Waals surface area contributed by atoms with E-state index in [1.165, 1.54) is 6.42 Å². The molecule has 0 radical (unpaired) electrons. The number of primary amides is 1. The fourth-order valence-corrected chi connectivity index (χ4v) is 1.71. The van der Waals surface area contributed by atoms with Gasteiger partial charge in [0.15, 0.2) is 0 Å². The van der Waals surface area contributed by atoms with Crippen LogP contribution in [0, 0.1) is 0 Å². The van der Waals surface area contributed by atoms with Crippen molar-refractivity contribution in [3.05, 3.63) is 23.4 Å². The number of aryl methyl sites for hydroxylation is 1. The first kappa shape index (κ1) is 9.96. The number of pyridine rings is 1. The smallest absolute Gasteiger partial charge is 0.250 e. The molecule has 2 rings (SSSR count). The van der Waals surface area contributed by atoms with Crippen LogP contribution < -0.4 is 10.6 Å². The van der Waals surface area contributed by atoms with Gasteiger partial charge in [-0.15, -0.1) is 0 Å². The molecule has 1 fully saturated rings. The second-order valence-electron chi connectivity index (χ2n) is 3.77. The van der Waals surface area contributed by atoms with E-state index in [4.69, 9.17) is 5.73 Å². The quantitative estimate of drug-likeness (QED) is 0.799. The highest BCUT2D eigenvalue weighted by atomic mass is 16.1. The Morgan fingerprint density at radius 3 is 2.80 bits per heavy atom. The van der Waals surface area contributed by atoms with Gasteiger partial charge in [-0.05, 0) is 24.5 Å². The number of aromatic nitrogens is 1. The Labute approximate surface area is 89.1 Å². The molecule has 1 aromatic heterocycles. The molecular weight excluding hydrogens is 190 g/mol. The highest BCUT2D eigenvalue weighted by molar-refractivity contribution is 5.93. The maximum atomic E-state index is 11.0. The average molecular weight is 205 g/mol. The average Bonchev–Trinajstić information content (AvgIpc) is 2.15. The van der Waals surface area contributed by atoms with E-state index in [9.17, 15) is 4.79 Å². The summed E-state index contributed by atoms with van der Waals surface area (Å²) in [5.74, 6) is 0.598. The van der Waals surface area contributed by atoms with Gasteiger partial charge in [-0.2, -0.15) is 0 Å². The highest BCUT2D eigenvalue weighted by Crippen LogP contribution is 2.23. The van der Waals surface area contributed by atoms with E-state index in [1.54, 1.807) is 6.20 Å². The number of carbonyl (C=O) groups excluding carboxylic acids is 1. The second kappa shape index (κ2) is 3.88. The molecule has 0 spiro atoms. The third kappa shape index (κ3) is 1.79. The third-order valence-corrected chi connectivity index (χ3v) is 2.76. The van der Waals surface area contributed by atoms with Crippen molar-refractivity contribution in [3.63, 3.8) is 0 Å². The molecule has 15 heavy (non-hydrogen) atoms. The Balaban J connectivity index is 2.34. The minimum absolute atomic E-state index is 0.410. The molecule has 4 heteroatoms.